The fourth-order valence-electron chi connectivity index (χ4n) is 0.913. The van der Waals surface area contributed by atoms with Crippen molar-refractivity contribution in [3.8, 4) is 0 Å². The molecule has 2 nitrogen and oxygen atoms in total. The second kappa shape index (κ2) is 14.7. The second-order valence-electron chi connectivity index (χ2n) is 3.04. The lowest BCUT2D eigenvalue weighted by atomic mass is 10.4. The predicted octanol–water partition coefficient (Wildman–Crippen LogP) is 5.49. The van der Waals surface area contributed by atoms with E-state index in [4.69, 9.17) is 11.6 Å². The topological polar surface area (TPSA) is 25.8 Å². The Bertz CT molecular complexity index is 382. The first-order chi connectivity index (χ1) is 9.20. The van der Waals surface area contributed by atoms with Crippen molar-refractivity contribution in [1.29, 1.82) is 0 Å². The third-order valence-corrected chi connectivity index (χ3v) is 2.15. The largest absolute Gasteiger partial charge is 0.262 e. The Morgan fingerprint density at radius 2 is 1.37 bits per heavy atom. The molecule has 0 amide bonds. The minimum absolute atomic E-state index is 0.729. The van der Waals surface area contributed by atoms with Gasteiger partial charge in [0, 0.05) is 18.1 Å². The van der Waals surface area contributed by atoms with Crippen molar-refractivity contribution >= 4 is 11.6 Å². The molecule has 0 saturated heterocycles. The van der Waals surface area contributed by atoms with Gasteiger partial charge in [-0.05, 0) is 38.1 Å². The first-order valence-corrected chi connectivity index (χ1v) is 7.02. The van der Waals surface area contributed by atoms with E-state index in [9.17, 15) is 0 Å². The second-order valence-corrected chi connectivity index (χ2v) is 3.45. The van der Waals surface area contributed by atoms with E-state index < -0.39 is 0 Å². The van der Waals surface area contributed by atoms with Crippen LogP contribution in [-0.4, -0.2) is 9.97 Å². The lowest BCUT2D eigenvalue weighted by Gasteiger charge is -1.90. The fraction of sp³-hybridized carbons (Fsp3) is 0.375. The van der Waals surface area contributed by atoms with Crippen molar-refractivity contribution in [3.63, 3.8) is 0 Å². The lowest BCUT2D eigenvalue weighted by Crippen LogP contribution is -1.77. The Hall–Kier alpha value is -1.41. The molecule has 0 bridgehead atoms. The molecule has 19 heavy (non-hydrogen) atoms. The molecule has 0 spiro atoms. The molecular formula is C16H25ClN2. The molecular weight excluding hydrogens is 256 g/mol. The number of hydrogen-bond acceptors (Lipinski definition) is 2. The van der Waals surface area contributed by atoms with Crippen LogP contribution in [0.25, 0.3) is 0 Å². The zero-order valence-electron chi connectivity index (χ0n) is 12.8. The molecule has 0 aliphatic heterocycles. The minimum Gasteiger partial charge on any atom is -0.262 e. The van der Waals surface area contributed by atoms with E-state index in [1.807, 2.05) is 71.9 Å². The van der Waals surface area contributed by atoms with Gasteiger partial charge in [-0.25, -0.2) is 0 Å². The summed E-state index contributed by atoms with van der Waals surface area (Å²) in [4.78, 5) is 7.93. The summed E-state index contributed by atoms with van der Waals surface area (Å²) in [6.45, 7) is 11.8. The summed E-state index contributed by atoms with van der Waals surface area (Å²) in [6, 6.07) is 9.49. The maximum Gasteiger partial charge on any atom is 0.0618 e. The molecule has 2 aromatic rings. The molecule has 2 aromatic heterocycles. The van der Waals surface area contributed by atoms with Gasteiger partial charge in [-0.15, -0.1) is 0 Å². The number of halogens is 1. The summed E-state index contributed by atoms with van der Waals surface area (Å²) in [6.07, 6.45) is 3.51. The van der Waals surface area contributed by atoms with Crippen LogP contribution in [0.2, 0.25) is 5.02 Å². The van der Waals surface area contributed by atoms with Crippen LogP contribution in [0.1, 0.15) is 39.1 Å². The normalized spacial score (nSPS) is 7.74. The third-order valence-electron chi connectivity index (χ3n) is 1.76. The highest BCUT2D eigenvalue weighted by Gasteiger charge is 1.88. The summed E-state index contributed by atoms with van der Waals surface area (Å²) < 4.78 is 0. The molecule has 2 heterocycles. The summed E-state index contributed by atoms with van der Waals surface area (Å²) in [5.41, 5.74) is 1.96. The number of aromatic nitrogens is 2. The van der Waals surface area contributed by atoms with E-state index in [1.54, 1.807) is 12.4 Å². The van der Waals surface area contributed by atoms with Gasteiger partial charge in [-0.1, -0.05) is 45.4 Å². The van der Waals surface area contributed by atoms with Gasteiger partial charge in [0.15, 0.2) is 0 Å². The number of nitrogens with zero attached hydrogens (tertiary/aromatic N) is 2. The number of rotatable bonds is 0. The number of aryl methyl sites for hydroxylation is 2. The summed E-state index contributed by atoms with van der Waals surface area (Å²) in [5.74, 6) is 0. The predicted molar refractivity (Wildman–Crippen MR) is 85.7 cm³/mol. The van der Waals surface area contributed by atoms with Crippen molar-refractivity contribution < 1.29 is 0 Å². The first-order valence-electron chi connectivity index (χ1n) is 6.65. The molecule has 0 unspecified atom stereocenters. The van der Waals surface area contributed by atoms with Crippen LogP contribution in [0, 0.1) is 13.8 Å². The molecule has 0 aliphatic carbocycles. The number of pyridine rings is 2. The van der Waals surface area contributed by atoms with E-state index in [-0.39, 0.29) is 0 Å². The van der Waals surface area contributed by atoms with E-state index in [0.29, 0.717) is 0 Å². The Balaban J connectivity index is 0. The Kier molecular flexibility index (Phi) is 15.4. The maximum atomic E-state index is 5.65. The van der Waals surface area contributed by atoms with Crippen LogP contribution in [0.3, 0.4) is 0 Å². The van der Waals surface area contributed by atoms with E-state index >= 15 is 0 Å². The maximum absolute atomic E-state index is 5.65. The molecule has 0 N–H and O–H groups in total. The van der Waals surface area contributed by atoms with Crippen LogP contribution in [0.4, 0.5) is 0 Å². The molecule has 0 saturated carbocycles. The Morgan fingerprint density at radius 1 is 0.789 bits per heavy atom. The molecule has 0 atom stereocenters. The van der Waals surface area contributed by atoms with Crippen LogP contribution in [0.5, 0.6) is 0 Å². The SMILES string of the molecule is CC.CC.Cc1ccccn1.Cc1ncccc1Cl. The molecule has 0 aliphatic rings. The van der Waals surface area contributed by atoms with Gasteiger partial charge < -0.3 is 0 Å². The molecule has 0 radical (unpaired) electrons. The number of hydrogen-bond donors (Lipinski definition) is 0. The smallest absolute Gasteiger partial charge is 0.0618 e. The monoisotopic (exact) mass is 280 g/mol. The average Bonchev–Trinajstić information content (AvgIpc) is 2.48. The van der Waals surface area contributed by atoms with Crippen molar-refractivity contribution in [1.82, 2.24) is 9.97 Å². The average molecular weight is 281 g/mol. The minimum atomic E-state index is 0.729. The van der Waals surface area contributed by atoms with Crippen molar-refractivity contribution in [2.24, 2.45) is 0 Å². The van der Waals surface area contributed by atoms with Gasteiger partial charge in [0.25, 0.3) is 0 Å². The van der Waals surface area contributed by atoms with Crippen LogP contribution in [0.15, 0.2) is 42.7 Å². The van der Waals surface area contributed by atoms with Gasteiger partial charge in [0.2, 0.25) is 0 Å². The zero-order valence-corrected chi connectivity index (χ0v) is 13.6. The highest BCUT2D eigenvalue weighted by Crippen LogP contribution is 2.08. The van der Waals surface area contributed by atoms with Gasteiger partial charge in [-0.2, -0.15) is 0 Å². The molecule has 106 valence electrons. The van der Waals surface area contributed by atoms with E-state index in [0.717, 1.165) is 16.4 Å². The summed E-state index contributed by atoms with van der Waals surface area (Å²) >= 11 is 5.65. The molecule has 0 fully saturated rings. The van der Waals surface area contributed by atoms with E-state index in [1.165, 1.54) is 0 Å². The van der Waals surface area contributed by atoms with Crippen LogP contribution in [-0.2, 0) is 0 Å². The first kappa shape index (κ1) is 19.9. The Labute approximate surface area is 122 Å². The lowest BCUT2D eigenvalue weighted by molar-refractivity contribution is 1.20. The highest BCUT2D eigenvalue weighted by atomic mass is 35.5. The molecule has 3 heteroatoms. The summed E-state index contributed by atoms with van der Waals surface area (Å²) in [7, 11) is 0. The third kappa shape index (κ3) is 11.4. The van der Waals surface area contributed by atoms with Gasteiger partial charge in [0.05, 0.1) is 10.7 Å². The standard InChI is InChI=1S/C6H6ClN.C6H7N.2C2H6/c1-5-6(7)3-2-4-8-5;1-6-4-2-3-5-7-6;2*1-2/h2-4H,1H3;2-5H,1H3;2*1-2H3. The van der Waals surface area contributed by atoms with Gasteiger partial charge in [0.1, 0.15) is 0 Å². The van der Waals surface area contributed by atoms with Crippen molar-refractivity contribution in [3.05, 3.63) is 59.1 Å². The van der Waals surface area contributed by atoms with Crippen molar-refractivity contribution in [2.45, 2.75) is 41.5 Å². The molecule has 2 rings (SSSR count). The molecule has 0 aromatic carbocycles. The van der Waals surface area contributed by atoms with Gasteiger partial charge >= 0.3 is 0 Å². The quantitative estimate of drug-likeness (QED) is 0.638. The van der Waals surface area contributed by atoms with Crippen LogP contribution >= 0.6 is 11.6 Å². The summed E-state index contributed by atoms with van der Waals surface area (Å²) in [5, 5.41) is 0.729. The zero-order chi connectivity index (χ0) is 15.1. The van der Waals surface area contributed by atoms with Crippen LogP contribution < -0.4 is 0 Å². The Morgan fingerprint density at radius 3 is 1.63 bits per heavy atom. The highest BCUT2D eigenvalue weighted by molar-refractivity contribution is 6.31. The fourth-order valence-corrected chi connectivity index (χ4v) is 1.03. The van der Waals surface area contributed by atoms with Crippen molar-refractivity contribution in [2.75, 3.05) is 0 Å². The van der Waals surface area contributed by atoms with Gasteiger partial charge in [-0.3, -0.25) is 9.97 Å². The van der Waals surface area contributed by atoms with E-state index in [2.05, 4.69) is 9.97 Å².